The summed E-state index contributed by atoms with van der Waals surface area (Å²) in [4.78, 5) is 4.53. The van der Waals surface area contributed by atoms with Gasteiger partial charge in [-0.25, -0.2) is 0 Å². The first-order valence-electron chi connectivity index (χ1n) is 5.27. The van der Waals surface area contributed by atoms with Crippen molar-refractivity contribution in [1.29, 1.82) is 0 Å². The number of ether oxygens (including phenoxy) is 1. The molecule has 2 rings (SSSR count). The molecule has 0 atom stereocenters. The van der Waals surface area contributed by atoms with Crippen LogP contribution < -0.4 is 10.5 Å². The molecule has 0 aliphatic carbocycles. The Balaban J connectivity index is 2.30. The molecule has 1 heterocycles. The molecule has 18 heavy (non-hydrogen) atoms. The van der Waals surface area contributed by atoms with Gasteiger partial charge in [-0.1, -0.05) is 12.2 Å². The number of thiocarbonyl (C=S) groups is 1. The number of aromatic nitrogens is 1. The van der Waals surface area contributed by atoms with E-state index in [1.54, 1.807) is 6.20 Å². The van der Waals surface area contributed by atoms with Crippen LogP contribution in [-0.4, -0.2) is 9.97 Å². The maximum absolute atomic E-state index is 5.78. The molecule has 0 bridgehead atoms. The number of aryl methyl sites for hydroxylation is 1. The summed E-state index contributed by atoms with van der Waals surface area (Å²) < 4.78 is 6.58. The molecule has 0 aliphatic rings. The molecule has 0 fully saturated rings. The van der Waals surface area contributed by atoms with Crippen molar-refractivity contribution >= 4 is 33.1 Å². The molecule has 0 aliphatic heterocycles. The topological polar surface area (TPSA) is 48.1 Å². The fraction of sp³-hybridized carbons (Fsp3) is 0.0769. The summed E-state index contributed by atoms with van der Waals surface area (Å²) in [5.41, 5.74) is 7.20. The van der Waals surface area contributed by atoms with Crippen LogP contribution in [0.3, 0.4) is 0 Å². The third kappa shape index (κ3) is 2.86. The summed E-state index contributed by atoms with van der Waals surface area (Å²) >= 11 is 8.36. The number of halogens is 1. The molecule has 92 valence electrons. The van der Waals surface area contributed by atoms with Crippen LogP contribution in [0.4, 0.5) is 0 Å². The van der Waals surface area contributed by atoms with Gasteiger partial charge < -0.3 is 10.5 Å². The smallest absolute Gasteiger partial charge is 0.148 e. The van der Waals surface area contributed by atoms with E-state index in [1.165, 1.54) is 0 Å². The number of benzene rings is 1. The Hall–Kier alpha value is -1.46. The van der Waals surface area contributed by atoms with Crippen LogP contribution >= 0.6 is 28.1 Å². The Morgan fingerprint density at radius 1 is 1.33 bits per heavy atom. The first-order valence-corrected chi connectivity index (χ1v) is 6.47. The molecule has 2 N–H and O–H groups in total. The molecule has 0 spiro atoms. The van der Waals surface area contributed by atoms with E-state index in [1.807, 2.05) is 37.3 Å². The van der Waals surface area contributed by atoms with E-state index in [4.69, 9.17) is 22.7 Å². The van der Waals surface area contributed by atoms with Gasteiger partial charge in [-0.15, -0.1) is 0 Å². The molecule has 0 unspecified atom stereocenters. The second-order valence-corrected chi connectivity index (χ2v) is 4.99. The molecular weight excluding hydrogens is 312 g/mol. The van der Waals surface area contributed by atoms with Crippen molar-refractivity contribution in [2.45, 2.75) is 6.92 Å². The molecule has 0 amide bonds. The zero-order valence-corrected chi connectivity index (χ0v) is 12.1. The summed E-state index contributed by atoms with van der Waals surface area (Å²) in [6, 6.07) is 9.19. The van der Waals surface area contributed by atoms with E-state index in [0.29, 0.717) is 10.7 Å². The molecule has 0 saturated heterocycles. The van der Waals surface area contributed by atoms with Gasteiger partial charge in [0.15, 0.2) is 0 Å². The zero-order chi connectivity index (χ0) is 13.1. The lowest BCUT2D eigenvalue weighted by Gasteiger charge is -2.10. The van der Waals surface area contributed by atoms with Crippen molar-refractivity contribution in [2.75, 3.05) is 0 Å². The Morgan fingerprint density at radius 3 is 2.72 bits per heavy atom. The van der Waals surface area contributed by atoms with E-state index in [-0.39, 0.29) is 0 Å². The standard InChI is InChI=1S/C13H11BrN2OS/c1-8-11(3-2-6-16-8)17-12-5-4-9(13(15)18)7-10(12)14/h2-7H,1H3,(H2,15,18). The lowest BCUT2D eigenvalue weighted by molar-refractivity contribution is 0.473. The number of rotatable bonds is 3. The molecule has 3 nitrogen and oxygen atoms in total. The highest BCUT2D eigenvalue weighted by Gasteiger charge is 2.07. The molecule has 0 saturated carbocycles. The highest BCUT2D eigenvalue weighted by atomic mass is 79.9. The minimum Gasteiger partial charge on any atom is -0.454 e. The fourth-order valence-corrected chi connectivity index (χ4v) is 2.02. The van der Waals surface area contributed by atoms with Gasteiger partial charge in [0.05, 0.1) is 10.2 Å². The minimum atomic E-state index is 0.361. The van der Waals surface area contributed by atoms with Gasteiger partial charge in [-0.05, 0) is 53.2 Å². The van der Waals surface area contributed by atoms with E-state index in [0.717, 1.165) is 21.5 Å². The van der Waals surface area contributed by atoms with Gasteiger partial charge in [0.1, 0.15) is 16.5 Å². The fourth-order valence-electron chi connectivity index (χ4n) is 1.43. The number of pyridine rings is 1. The molecule has 0 radical (unpaired) electrons. The third-order valence-corrected chi connectivity index (χ3v) is 3.25. The van der Waals surface area contributed by atoms with Crippen molar-refractivity contribution in [3.63, 3.8) is 0 Å². The van der Waals surface area contributed by atoms with E-state index < -0.39 is 0 Å². The number of nitrogens with zero attached hydrogens (tertiary/aromatic N) is 1. The normalized spacial score (nSPS) is 10.1. The first-order chi connectivity index (χ1) is 8.58. The maximum Gasteiger partial charge on any atom is 0.148 e. The molecule has 1 aromatic carbocycles. The van der Waals surface area contributed by atoms with Gasteiger partial charge in [0, 0.05) is 11.8 Å². The lowest BCUT2D eigenvalue weighted by atomic mass is 10.2. The second kappa shape index (κ2) is 5.46. The monoisotopic (exact) mass is 322 g/mol. The third-order valence-electron chi connectivity index (χ3n) is 2.39. The summed E-state index contributed by atoms with van der Waals surface area (Å²) in [6.07, 6.45) is 1.73. The molecule has 2 aromatic rings. The largest absolute Gasteiger partial charge is 0.454 e. The van der Waals surface area contributed by atoms with Crippen molar-refractivity contribution < 1.29 is 4.74 Å². The van der Waals surface area contributed by atoms with E-state index in [2.05, 4.69) is 20.9 Å². The molecular formula is C13H11BrN2OS. The van der Waals surface area contributed by atoms with Crippen molar-refractivity contribution in [1.82, 2.24) is 4.98 Å². The molecule has 5 heteroatoms. The van der Waals surface area contributed by atoms with E-state index in [9.17, 15) is 0 Å². The van der Waals surface area contributed by atoms with Gasteiger partial charge in [0.25, 0.3) is 0 Å². The van der Waals surface area contributed by atoms with E-state index >= 15 is 0 Å². The van der Waals surface area contributed by atoms with Crippen LogP contribution in [-0.2, 0) is 0 Å². The van der Waals surface area contributed by atoms with Crippen molar-refractivity contribution in [2.24, 2.45) is 5.73 Å². The first kappa shape index (κ1) is 13.0. The summed E-state index contributed by atoms with van der Waals surface area (Å²) in [5, 5.41) is 0. The van der Waals surface area contributed by atoms with Crippen LogP contribution in [0, 0.1) is 6.92 Å². The average molecular weight is 323 g/mol. The SMILES string of the molecule is Cc1ncccc1Oc1ccc(C(N)=S)cc1Br. The highest BCUT2D eigenvalue weighted by Crippen LogP contribution is 2.31. The number of hydrogen-bond donors (Lipinski definition) is 1. The average Bonchev–Trinajstić information content (AvgIpc) is 2.34. The zero-order valence-electron chi connectivity index (χ0n) is 9.68. The maximum atomic E-state index is 5.78. The van der Waals surface area contributed by atoms with Crippen LogP contribution in [0.15, 0.2) is 41.0 Å². The minimum absolute atomic E-state index is 0.361. The quantitative estimate of drug-likeness (QED) is 0.877. The van der Waals surface area contributed by atoms with Gasteiger partial charge >= 0.3 is 0 Å². The molecule has 1 aromatic heterocycles. The van der Waals surface area contributed by atoms with Crippen LogP contribution in [0.5, 0.6) is 11.5 Å². The Labute approximate surface area is 119 Å². The summed E-state index contributed by atoms with van der Waals surface area (Å²) in [6.45, 7) is 1.90. The Kier molecular flexibility index (Phi) is 3.93. The van der Waals surface area contributed by atoms with Gasteiger partial charge in [-0.2, -0.15) is 0 Å². The van der Waals surface area contributed by atoms with Crippen molar-refractivity contribution in [3.05, 3.63) is 52.3 Å². The predicted molar refractivity (Wildman–Crippen MR) is 79.1 cm³/mol. The van der Waals surface area contributed by atoms with Crippen molar-refractivity contribution in [3.8, 4) is 11.5 Å². The van der Waals surface area contributed by atoms with Gasteiger partial charge in [-0.3, -0.25) is 4.98 Å². The van der Waals surface area contributed by atoms with Crippen LogP contribution in [0.2, 0.25) is 0 Å². The van der Waals surface area contributed by atoms with Crippen LogP contribution in [0.25, 0.3) is 0 Å². The van der Waals surface area contributed by atoms with Gasteiger partial charge in [0.2, 0.25) is 0 Å². The number of hydrogen-bond acceptors (Lipinski definition) is 3. The Morgan fingerprint density at radius 2 is 2.11 bits per heavy atom. The summed E-state index contributed by atoms with van der Waals surface area (Å²) in [5.74, 6) is 1.42. The highest BCUT2D eigenvalue weighted by molar-refractivity contribution is 9.10. The Bertz CT molecular complexity index is 601. The summed E-state index contributed by atoms with van der Waals surface area (Å²) in [7, 11) is 0. The predicted octanol–water partition coefficient (Wildman–Crippen LogP) is 3.58. The second-order valence-electron chi connectivity index (χ2n) is 3.70. The number of nitrogens with two attached hydrogens (primary N) is 1. The lowest BCUT2D eigenvalue weighted by Crippen LogP contribution is -2.09. The van der Waals surface area contributed by atoms with Crippen LogP contribution in [0.1, 0.15) is 11.3 Å².